The molecule has 3 aromatic rings. The van der Waals surface area contributed by atoms with Crippen molar-refractivity contribution in [1.29, 1.82) is 0 Å². The van der Waals surface area contributed by atoms with Crippen LogP contribution in [-0.2, 0) is 6.42 Å². The Bertz CT molecular complexity index is 683. The normalized spacial score (nSPS) is 12.9. The zero-order chi connectivity index (χ0) is 13.2. The van der Waals surface area contributed by atoms with E-state index in [4.69, 9.17) is 4.42 Å². The Balaban J connectivity index is 1.90. The molecule has 0 saturated carbocycles. The lowest BCUT2D eigenvalue weighted by atomic mass is 10.0. The summed E-state index contributed by atoms with van der Waals surface area (Å²) < 4.78 is 6.77. The molecule has 1 atom stereocenters. The SMILES string of the molecule is CNC(Cc1csc2ccccc12)c1coc(C)c1. The predicted octanol–water partition coefficient (Wildman–Crippen LogP) is 4.31. The fourth-order valence-corrected chi connectivity index (χ4v) is 3.42. The van der Waals surface area contributed by atoms with E-state index in [1.807, 2.05) is 31.6 Å². The summed E-state index contributed by atoms with van der Waals surface area (Å²) in [5.41, 5.74) is 2.62. The first-order chi connectivity index (χ1) is 9.28. The van der Waals surface area contributed by atoms with Crippen LogP contribution >= 0.6 is 11.3 Å². The Morgan fingerprint density at radius 3 is 2.89 bits per heavy atom. The number of thiophene rings is 1. The van der Waals surface area contributed by atoms with Gasteiger partial charge >= 0.3 is 0 Å². The minimum absolute atomic E-state index is 0.301. The molecule has 0 bridgehead atoms. The van der Waals surface area contributed by atoms with Crippen LogP contribution < -0.4 is 5.32 Å². The molecule has 0 radical (unpaired) electrons. The zero-order valence-corrected chi connectivity index (χ0v) is 12.0. The largest absolute Gasteiger partial charge is 0.469 e. The highest BCUT2D eigenvalue weighted by Crippen LogP contribution is 2.29. The van der Waals surface area contributed by atoms with Crippen molar-refractivity contribution in [2.24, 2.45) is 0 Å². The van der Waals surface area contributed by atoms with Gasteiger partial charge in [0.25, 0.3) is 0 Å². The first-order valence-corrected chi connectivity index (χ1v) is 7.33. The summed E-state index contributed by atoms with van der Waals surface area (Å²) in [6.07, 6.45) is 2.84. The Hall–Kier alpha value is -1.58. The molecule has 0 spiro atoms. The van der Waals surface area contributed by atoms with E-state index in [-0.39, 0.29) is 0 Å². The first-order valence-electron chi connectivity index (χ1n) is 6.45. The van der Waals surface area contributed by atoms with Gasteiger partial charge in [0.2, 0.25) is 0 Å². The lowest BCUT2D eigenvalue weighted by Gasteiger charge is -2.13. The van der Waals surface area contributed by atoms with E-state index in [0.717, 1.165) is 12.2 Å². The fraction of sp³-hybridized carbons (Fsp3) is 0.250. The van der Waals surface area contributed by atoms with Crippen LogP contribution in [0.3, 0.4) is 0 Å². The molecule has 1 unspecified atom stereocenters. The third-order valence-electron chi connectivity index (χ3n) is 3.49. The maximum absolute atomic E-state index is 5.42. The van der Waals surface area contributed by atoms with E-state index >= 15 is 0 Å². The van der Waals surface area contributed by atoms with Crippen LogP contribution in [0.25, 0.3) is 10.1 Å². The maximum atomic E-state index is 5.42. The second kappa shape index (κ2) is 5.19. The number of hydrogen-bond acceptors (Lipinski definition) is 3. The Morgan fingerprint density at radius 1 is 1.32 bits per heavy atom. The van der Waals surface area contributed by atoms with E-state index in [2.05, 4.69) is 41.0 Å². The topological polar surface area (TPSA) is 25.2 Å². The summed E-state index contributed by atoms with van der Waals surface area (Å²) >= 11 is 1.82. The zero-order valence-electron chi connectivity index (χ0n) is 11.1. The Kier molecular flexibility index (Phi) is 3.40. The number of furan rings is 1. The minimum Gasteiger partial charge on any atom is -0.469 e. The molecule has 3 rings (SSSR count). The molecule has 0 fully saturated rings. The van der Waals surface area contributed by atoms with E-state index in [0.29, 0.717) is 6.04 Å². The summed E-state index contributed by atoms with van der Waals surface area (Å²) in [5.74, 6) is 0.963. The fourth-order valence-electron chi connectivity index (χ4n) is 2.44. The number of likely N-dealkylation sites (N-methyl/N-ethyl adjacent to an activating group) is 1. The van der Waals surface area contributed by atoms with Crippen molar-refractivity contribution in [2.75, 3.05) is 7.05 Å². The van der Waals surface area contributed by atoms with Crippen LogP contribution in [-0.4, -0.2) is 7.05 Å². The standard InChI is InChI=1S/C16H17NOS/c1-11-7-12(9-18-11)15(17-2)8-13-10-19-16-6-4-3-5-14(13)16/h3-7,9-10,15,17H,8H2,1-2H3. The summed E-state index contributed by atoms with van der Waals surface area (Å²) in [5, 5.41) is 7.01. The Labute approximate surface area is 117 Å². The molecule has 19 heavy (non-hydrogen) atoms. The predicted molar refractivity (Wildman–Crippen MR) is 80.8 cm³/mol. The van der Waals surface area contributed by atoms with Crippen LogP contribution in [0.1, 0.15) is 22.9 Å². The highest BCUT2D eigenvalue weighted by atomic mass is 32.1. The highest BCUT2D eigenvalue weighted by molar-refractivity contribution is 7.17. The molecule has 1 aromatic carbocycles. The molecule has 98 valence electrons. The van der Waals surface area contributed by atoms with Crippen molar-refractivity contribution in [1.82, 2.24) is 5.32 Å². The molecule has 2 nitrogen and oxygen atoms in total. The van der Waals surface area contributed by atoms with Crippen LogP contribution in [0.4, 0.5) is 0 Å². The van der Waals surface area contributed by atoms with Gasteiger partial charge in [-0.1, -0.05) is 18.2 Å². The average molecular weight is 271 g/mol. The second-order valence-electron chi connectivity index (χ2n) is 4.79. The number of benzene rings is 1. The minimum atomic E-state index is 0.301. The highest BCUT2D eigenvalue weighted by Gasteiger charge is 2.14. The van der Waals surface area contributed by atoms with Crippen LogP contribution in [0.5, 0.6) is 0 Å². The molecular formula is C16H17NOS. The Morgan fingerprint density at radius 2 is 2.16 bits per heavy atom. The van der Waals surface area contributed by atoms with Crippen LogP contribution in [0.2, 0.25) is 0 Å². The van der Waals surface area contributed by atoms with Crippen molar-refractivity contribution < 1.29 is 4.42 Å². The van der Waals surface area contributed by atoms with Crippen molar-refractivity contribution in [3.63, 3.8) is 0 Å². The number of aryl methyl sites for hydroxylation is 1. The van der Waals surface area contributed by atoms with Gasteiger partial charge in [-0.2, -0.15) is 0 Å². The molecule has 0 aliphatic heterocycles. The summed E-state index contributed by atoms with van der Waals surface area (Å²) in [4.78, 5) is 0. The molecule has 2 aromatic heterocycles. The van der Waals surface area contributed by atoms with Gasteiger partial charge in [-0.05, 0) is 48.9 Å². The third-order valence-corrected chi connectivity index (χ3v) is 4.50. The van der Waals surface area contributed by atoms with Gasteiger partial charge in [-0.3, -0.25) is 0 Å². The number of nitrogens with one attached hydrogen (secondary N) is 1. The van der Waals surface area contributed by atoms with Crippen LogP contribution in [0, 0.1) is 6.92 Å². The summed E-state index contributed by atoms with van der Waals surface area (Å²) in [6.45, 7) is 1.98. The van der Waals surface area contributed by atoms with E-state index in [1.165, 1.54) is 21.2 Å². The van der Waals surface area contributed by atoms with E-state index < -0.39 is 0 Å². The number of rotatable bonds is 4. The monoisotopic (exact) mass is 271 g/mol. The van der Waals surface area contributed by atoms with Crippen molar-refractivity contribution >= 4 is 21.4 Å². The third kappa shape index (κ3) is 2.44. The van der Waals surface area contributed by atoms with Gasteiger partial charge < -0.3 is 9.73 Å². The average Bonchev–Trinajstić information content (AvgIpc) is 3.03. The summed E-state index contributed by atoms with van der Waals surface area (Å²) in [6, 6.07) is 11.0. The van der Waals surface area contributed by atoms with Gasteiger partial charge in [-0.15, -0.1) is 11.3 Å². The molecule has 0 amide bonds. The molecule has 0 saturated heterocycles. The lowest BCUT2D eigenvalue weighted by Crippen LogP contribution is -2.18. The maximum Gasteiger partial charge on any atom is 0.101 e. The lowest BCUT2D eigenvalue weighted by molar-refractivity contribution is 0.520. The molecule has 1 N–H and O–H groups in total. The molecule has 0 aliphatic carbocycles. The van der Waals surface area contributed by atoms with E-state index in [9.17, 15) is 0 Å². The molecule has 2 heterocycles. The van der Waals surface area contributed by atoms with Gasteiger partial charge in [0, 0.05) is 16.3 Å². The molecule has 3 heteroatoms. The smallest absolute Gasteiger partial charge is 0.101 e. The molecule has 0 aliphatic rings. The van der Waals surface area contributed by atoms with Crippen molar-refractivity contribution in [2.45, 2.75) is 19.4 Å². The van der Waals surface area contributed by atoms with E-state index in [1.54, 1.807) is 0 Å². The van der Waals surface area contributed by atoms with Gasteiger partial charge in [0.05, 0.1) is 6.26 Å². The molecular weight excluding hydrogens is 254 g/mol. The number of fused-ring (bicyclic) bond motifs is 1. The second-order valence-corrected chi connectivity index (χ2v) is 5.70. The van der Waals surface area contributed by atoms with Gasteiger partial charge in [-0.25, -0.2) is 0 Å². The van der Waals surface area contributed by atoms with Crippen molar-refractivity contribution in [3.05, 3.63) is 58.9 Å². The first kappa shape index (κ1) is 12.5. The van der Waals surface area contributed by atoms with Gasteiger partial charge in [0.1, 0.15) is 5.76 Å². The van der Waals surface area contributed by atoms with Crippen molar-refractivity contribution in [3.8, 4) is 0 Å². The summed E-state index contributed by atoms with van der Waals surface area (Å²) in [7, 11) is 2.00. The van der Waals surface area contributed by atoms with Crippen LogP contribution in [0.15, 0.2) is 46.4 Å². The van der Waals surface area contributed by atoms with Gasteiger partial charge in [0.15, 0.2) is 0 Å². The quantitative estimate of drug-likeness (QED) is 0.765. The number of hydrogen-bond donors (Lipinski definition) is 1.